The van der Waals surface area contributed by atoms with Crippen molar-refractivity contribution in [1.82, 2.24) is 19.9 Å². The number of carbonyl (C=O) groups is 2. The van der Waals surface area contributed by atoms with Gasteiger partial charge in [0.25, 0.3) is 11.8 Å². The van der Waals surface area contributed by atoms with Gasteiger partial charge in [-0.1, -0.05) is 18.2 Å². The average molecular weight is 488 g/mol. The predicted octanol–water partition coefficient (Wildman–Crippen LogP) is 0.680. The molecular weight excluding hydrogens is 468 g/mol. The molecule has 2 aromatic carbocycles. The number of imide groups is 1. The van der Waals surface area contributed by atoms with Crippen LogP contribution in [0.25, 0.3) is 43.7 Å². The number of pyridine rings is 1. The van der Waals surface area contributed by atoms with Gasteiger partial charge in [-0.05, 0) is 18.2 Å². The molecule has 0 spiro atoms. The minimum atomic E-state index is -1.62. The third-order valence-electron chi connectivity index (χ3n) is 7.26. The molecule has 0 saturated carbocycles. The summed E-state index contributed by atoms with van der Waals surface area (Å²) in [6, 6.07) is 10.8. The van der Waals surface area contributed by atoms with E-state index in [0.29, 0.717) is 32.8 Å². The summed E-state index contributed by atoms with van der Waals surface area (Å²) in [5, 5.41) is 46.3. The van der Waals surface area contributed by atoms with Gasteiger partial charge in [0.05, 0.1) is 28.8 Å². The van der Waals surface area contributed by atoms with E-state index in [9.17, 15) is 30.0 Å². The number of amides is 2. The number of H-pyrrole nitrogens is 1. The van der Waals surface area contributed by atoms with Crippen LogP contribution in [0.5, 0.6) is 0 Å². The summed E-state index contributed by atoms with van der Waals surface area (Å²) in [5.41, 5.74) is 2.45. The number of para-hydroxylation sites is 1. The van der Waals surface area contributed by atoms with Crippen LogP contribution in [0.15, 0.2) is 42.6 Å². The fraction of sp³-hybridized carbons (Fsp3) is 0.240. The van der Waals surface area contributed by atoms with Crippen molar-refractivity contribution >= 4 is 55.6 Å². The van der Waals surface area contributed by atoms with E-state index in [1.807, 2.05) is 24.3 Å². The molecule has 3 aromatic heterocycles. The van der Waals surface area contributed by atoms with Gasteiger partial charge in [-0.2, -0.15) is 0 Å². The predicted molar refractivity (Wildman–Crippen MR) is 127 cm³/mol. The lowest BCUT2D eigenvalue weighted by Gasteiger charge is -2.40. The van der Waals surface area contributed by atoms with E-state index < -0.39 is 49.1 Å². The first-order valence-corrected chi connectivity index (χ1v) is 11.4. The monoisotopic (exact) mass is 488 g/mol. The minimum Gasteiger partial charge on any atom is -0.394 e. The molecule has 11 nitrogen and oxygen atoms in total. The van der Waals surface area contributed by atoms with Crippen molar-refractivity contribution in [2.24, 2.45) is 0 Å². The van der Waals surface area contributed by atoms with E-state index in [2.05, 4.69) is 15.3 Å². The number of fused-ring (bicyclic) bond motifs is 10. The molecule has 11 heteroatoms. The smallest absolute Gasteiger partial charge is 0.259 e. The number of nitrogens with zero attached hydrogens (tertiary/aromatic N) is 2. The number of aliphatic hydroxyl groups is 4. The fourth-order valence-corrected chi connectivity index (χ4v) is 5.69. The van der Waals surface area contributed by atoms with E-state index in [4.69, 9.17) is 4.74 Å². The third-order valence-corrected chi connectivity index (χ3v) is 7.26. The second-order valence-electron chi connectivity index (χ2n) is 9.14. The lowest BCUT2D eigenvalue weighted by molar-refractivity contribution is -0.249. The normalized spacial score (nSPS) is 26.4. The maximum absolute atomic E-state index is 13.1. The van der Waals surface area contributed by atoms with E-state index >= 15 is 0 Å². The molecule has 36 heavy (non-hydrogen) atoms. The van der Waals surface area contributed by atoms with Gasteiger partial charge in [0.2, 0.25) is 0 Å². The first-order chi connectivity index (χ1) is 17.4. The van der Waals surface area contributed by atoms with Crippen molar-refractivity contribution in [2.75, 3.05) is 6.61 Å². The molecule has 5 unspecified atom stereocenters. The quantitative estimate of drug-likeness (QED) is 0.197. The van der Waals surface area contributed by atoms with Gasteiger partial charge in [-0.25, -0.2) is 4.98 Å². The maximum Gasteiger partial charge on any atom is 0.259 e. The van der Waals surface area contributed by atoms with Gasteiger partial charge in [0, 0.05) is 33.3 Å². The summed E-state index contributed by atoms with van der Waals surface area (Å²) in [4.78, 5) is 34.0. The highest BCUT2D eigenvalue weighted by atomic mass is 16.6. The van der Waals surface area contributed by atoms with Crippen LogP contribution in [-0.2, 0) is 4.74 Å². The molecule has 5 atom stereocenters. The van der Waals surface area contributed by atoms with Gasteiger partial charge in [-0.15, -0.1) is 0 Å². The van der Waals surface area contributed by atoms with Crippen LogP contribution in [-0.4, -0.2) is 77.8 Å². The highest BCUT2D eigenvalue weighted by Crippen LogP contribution is 2.45. The summed E-state index contributed by atoms with van der Waals surface area (Å²) in [6.45, 7) is -0.597. The number of hydrogen-bond acceptors (Lipinski definition) is 8. The van der Waals surface area contributed by atoms with E-state index in [0.717, 1.165) is 10.9 Å². The summed E-state index contributed by atoms with van der Waals surface area (Å²) in [5.74, 6) is -1.06. The molecule has 2 amide bonds. The number of aliphatic hydroxyl groups excluding tert-OH is 4. The first kappa shape index (κ1) is 21.4. The van der Waals surface area contributed by atoms with Gasteiger partial charge < -0.3 is 30.1 Å². The summed E-state index contributed by atoms with van der Waals surface area (Å²) >= 11 is 0. The Labute approximate surface area is 201 Å². The summed E-state index contributed by atoms with van der Waals surface area (Å²) in [7, 11) is 0. The van der Waals surface area contributed by atoms with Crippen molar-refractivity contribution in [3.05, 3.63) is 53.7 Å². The van der Waals surface area contributed by atoms with Crippen LogP contribution in [0.4, 0.5) is 0 Å². The highest BCUT2D eigenvalue weighted by molar-refractivity contribution is 6.39. The molecule has 182 valence electrons. The zero-order valence-electron chi connectivity index (χ0n) is 18.5. The van der Waals surface area contributed by atoms with Crippen LogP contribution < -0.4 is 5.32 Å². The van der Waals surface area contributed by atoms with Crippen LogP contribution in [0.3, 0.4) is 0 Å². The molecule has 6 N–H and O–H groups in total. The number of benzene rings is 2. The molecule has 0 radical (unpaired) electrons. The van der Waals surface area contributed by atoms with Crippen LogP contribution >= 0.6 is 0 Å². The number of ether oxygens (including phenoxy) is 1. The zero-order valence-corrected chi connectivity index (χ0v) is 18.5. The van der Waals surface area contributed by atoms with Crippen molar-refractivity contribution in [3.63, 3.8) is 0 Å². The van der Waals surface area contributed by atoms with E-state index in [1.165, 1.54) is 6.20 Å². The molecule has 2 aliphatic rings. The largest absolute Gasteiger partial charge is 0.394 e. The van der Waals surface area contributed by atoms with E-state index in [-0.39, 0.29) is 11.1 Å². The Bertz CT molecular complexity index is 1750. The SMILES string of the molecule is O=C1NC(=O)c2c1c1c3ccccc3[nH]c1c1c2c2cccnc2n1C1OC(CO)C(O)C(O)C1O. The van der Waals surface area contributed by atoms with Crippen molar-refractivity contribution in [2.45, 2.75) is 30.6 Å². The molecule has 1 saturated heterocycles. The van der Waals surface area contributed by atoms with Gasteiger partial charge in [0.1, 0.15) is 30.1 Å². The number of carbonyl (C=O) groups excluding carboxylic acids is 2. The first-order valence-electron chi connectivity index (χ1n) is 11.4. The highest BCUT2D eigenvalue weighted by Gasteiger charge is 2.46. The molecule has 0 aliphatic carbocycles. The average Bonchev–Trinajstić information content (AvgIpc) is 3.52. The summed E-state index contributed by atoms with van der Waals surface area (Å²) < 4.78 is 7.47. The molecule has 5 heterocycles. The molecule has 5 aromatic rings. The molecule has 7 rings (SSSR count). The molecule has 2 aliphatic heterocycles. The Morgan fingerprint density at radius 3 is 2.42 bits per heavy atom. The number of aromatic nitrogens is 3. The fourth-order valence-electron chi connectivity index (χ4n) is 5.69. The topological polar surface area (TPSA) is 170 Å². The number of aromatic amines is 1. The number of rotatable bonds is 2. The Kier molecular flexibility index (Phi) is 4.36. The molecule has 1 fully saturated rings. The van der Waals surface area contributed by atoms with Crippen LogP contribution in [0.1, 0.15) is 26.9 Å². The molecule has 0 bridgehead atoms. The standard InChI is InChI=1S/C25H20N4O7/c30-8-12-19(31)20(32)21(33)25(36-12)29-18-14(10-5-3-7-26-22(10)29)16-15(23(34)28-24(16)35)13-9-4-1-2-6-11(9)27-17(13)18/h1-7,12,19-21,25,27,30-33H,8H2,(H,28,34,35). The third kappa shape index (κ3) is 2.55. The Hall–Kier alpha value is -3.87. The molecular formula is C25H20N4O7. The van der Waals surface area contributed by atoms with Crippen molar-refractivity contribution < 1.29 is 34.8 Å². The van der Waals surface area contributed by atoms with E-state index in [1.54, 1.807) is 16.7 Å². The van der Waals surface area contributed by atoms with Crippen LogP contribution in [0.2, 0.25) is 0 Å². The van der Waals surface area contributed by atoms with Gasteiger partial charge in [-0.3, -0.25) is 19.5 Å². The lowest BCUT2D eigenvalue weighted by Crippen LogP contribution is -2.56. The Balaban J connectivity index is 1.70. The number of hydrogen-bond donors (Lipinski definition) is 6. The van der Waals surface area contributed by atoms with Crippen molar-refractivity contribution in [3.8, 4) is 0 Å². The minimum absolute atomic E-state index is 0.189. The Morgan fingerprint density at radius 1 is 0.917 bits per heavy atom. The number of nitrogens with one attached hydrogen (secondary N) is 2. The van der Waals surface area contributed by atoms with Gasteiger partial charge in [0.15, 0.2) is 6.23 Å². The second-order valence-corrected chi connectivity index (χ2v) is 9.14. The lowest BCUT2D eigenvalue weighted by atomic mass is 9.96. The van der Waals surface area contributed by atoms with Crippen molar-refractivity contribution in [1.29, 1.82) is 0 Å². The van der Waals surface area contributed by atoms with Gasteiger partial charge >= 0.3 is 0 Å². The Morgan fingerprint density at radius 2 is 1.64 bits per heavy atom. The van der Waals surface area contributed by atoms with Crippen LogP contribution in [0, 0.1) is 0 Å². The second kappa shape index (κ2) is 7.32. The summed E-state index contributed by atoms with van der Waals surface area (Å²) in [6.07, 6.45) is -5.63. The maximum atomic E-state index is 13.1. The zero-order chi connectivity index (χ0) is 24.9.